The van der Waals surface area contributed by atoms with Crippen LogP contribution in [0.1, 0.15) is 12.8 Å². The summed E-state index contributed by atoms with van der Waals surface area (Å²) in [5.41, 5.74) is -0.538. The molecule has 0 radical (unpaired) electrons. The first-order chi connectivity index (χ1) is 5.24. The second-order valence-corrected chi connectivity index (χ2v) is 3.04. The van der Waals surface area contributed by atoms with Gasteiger partial charge in [0.2, 0.25) is 0 Å². The molecule has 0 aromatic rings. The fourth-order valence-electron chi connectivity index (χ4n) is 1.06. The average Bonchev–Trinajstić information content (AvgIpc) is 1.98. The van der Waals surface area contributed by atoms with Gasteiger partial charge in [-0.2, -0.15) is 0 Å². The molecule has 2 atom stereocenters. The fraction of sp³-hybridized carbons (Fsp3) is 0.857. The van der Waals surface area contributed by atoms with Crippen molar-refractivity contribution in [2.45, 2.75) is 24.4 Å². The molecule has 0 amide bonds. The molecule has 1 aliphatic rings. The molecular formula is C7H12O3S. The molecule has 3 nitrogen and oxygen atoms in total. The molecule has 1 saturated heterocycles. The molecule has 64 valence electrons. The Kier molecular flexibility index (Phi) is 3.36. The Morgan fingerprint density at radius 2 is 2.55 bits per heavy atom. The molecule has 1 fully saturated rings. The van der Waals surface area contributed by atoms with Gasteiger partial charge < -0.3 is 9.47 Å². The van der Waals surface area contributed by atoms with Crippen LogP contribution in [0.25, 0.3) is 0 Å². The predicted octanol–water partition coefficient (Wildman–Crippen LogP) is 0.637. The number of methoxy groups -OCH3 is 1. The lowest BCUT2D eigenvalue weighted by atomic mass is 10.1. The minimum atomic E-state index is -0.538. The van der Waals surface area contributed by atoms with Gasteiger partial charge in [-0.25, -0.2) is 0 Å². The van der Waals surface area contributed by atoms with Gasteiger partial charge in [-0.3, -0.25) is 4.79 Å². The van der Waals surface area contributed by atoms with Crippen LogP contribution in [0, 0.1) is 0 Å². The molecule has 0 aromatic carbocycles. The molecule has 11 heavy (non-hydrogen) atoms. The summed E-state index contributed by atoms with van der Waals surface area (Å²) in [6.45, 7) is 0.546. The van der Waals surface area contributed by atoms with E-state index in [2.05, 4.69) is 12.6 Å². The molecule has 1 aliphatic heterocycles. The van der Waals surface area contributed by atoms with Gasteiger partial charge in [0.05, 0.1) is 12.7 Å². The highest BCUT2D eigenvalue weighted by atomic mass is 32.1. The van der Waals surface area contributed by atoms with Crippen molar-refractivity contribution in [2.24, 2.45) is 0 Å². The molecule has 0 spiro atoms. The van der Waals surface area contributed by atoms with Gasteiger partial charge in [-0.15, -0.1) is 12.6 Å². The van der Waals surface area contributed by atoms with Gasteiger partial charge in [-0.1, -0.05) is 0 Å². The van der Waals surface area contributed by atoms with Crippen LogP contribution >= 0.6 is 12.6 Å². The number of thiol groups is 1. The van der Waals surface area contributed by atoms with Crippen LogP contribution in [0.15, 0.2) is 0 Å². The smallest absolute Gasteiger partial charge is 0.171 e. The Balaban J connectivity index is 2.33. The van der Waals surface area contributed by atoms with Crippen LogP contribution in [0.4, 0.5) is 0 Å². The first-order valence-corrected chi connectivity index (χ1v) is 4.11. The third kappa shape index (κ3) is 2.47. The summed E-state index contributed by atoms with van der Waals surface area (Å²) in [4.78, 5) is 10.9. The van der Waals surface area contributed by atoms with Crippen LogP contribution in [0.2, 0.25) is 0 Å². The van der Waals surface area contributed by atoms with E-state index in [1.54, 1.807) is 7.11 Å². The highest BCUT2D eigenvalue weighted by Crippen LogP contribution is 2.18. The molecule has 0 aromatic heterocycles. The first kappa shape index (κ1) is 9.03. The van der Waals surface area contributed by atoms with E-state index < -0.39 is 5.44 Å². The standard InChI is InChI=1S/C7H12O3S/c1-9-4-5-2-3-6(8)7(11)10-5/h5,7,11H,2-4H2,1H3/t5-,7?/m0/s1. The lowest BCUT2D eigenvalue weighted by Crippen LogP contribution is -2.34. The molecule has 1 rings (SSSR count). The van der Waals surface area contributed by atoms with Gasteiger partial charge in [0.25, 0.3) is 0 Å². The lowest BCUT2D eigenvalue weighted by molar-refractivity contribution is -0.136. The maximum Gasteiger partial charge on any atom is 0.171 e. The summed E-state index contributed by atoms with van der Waals surface area (Å²) in [6.07, 6.45) is 1.35. The minimum Gasteiger partial charge on any atom is -0.382 e. The van der Waals surface area contributed by atoms with Crippen molar-refractivity contribution >= 4 is 18.4 Å². The van der Waals surface area contributed by atoms with Crippen LogP contribution in [-0.4, -0.2) is 31.0 Å². The van der Waals surface area contributed by atoms with Crippen molar-refractivity contribution in [3.05, 3.63) is 0 Å². The van der Waals surface area contributed by atoms with Crippen molar-refractivity contribution in [2.75, 3.05) is 13.7 Å². The number of hydrogen-bond acceptors (Lipinski definition) is 4. The van der Waals surface area contributed by atoms with Crippen LogP contribution in [0.5, 0.6) is 0 Å². The summed E-state index contributed by atoms with van der Waals surface area (Å²) in [6, 6.07) is 0. The summed E-state index contributed by atoms with van der Waals surface area (Å²) in [5.74, 6) is 0.0701. The van der Waals surface area contributed by atoms with Crippen molar-refractivity contribution < 1.29 is 14.3 Å². The van der Waals surface area contributed by atoms with Crippen LogP contribution in [-0.2, 0) is 14.3 Å². The van der Waals surface area contributed by atoms with E-state index in [0.717, 1.165) is 6.42 Å². The quantitative estimate of drug-likeness (QED) is 0.627. The molecule has 0 saturated carbocycles. The van der Waals surface area contributed by atoms with E-state index in [1.807, 2.05) is 0 Å². The van der Waals surface area contributed by atoms with Gasteiger partial charge in [0.15, 0.2) is 11.2 Å². The Labute approximate surface area is 71.5 Å². The Bertz CT molecular complexity index is 149. The summed E-state index contributed by atoms with van der Waals surface area (Å²) >= 11 is 3.98. The monoisotopic (exact) mass is 176 g/mol. The topological polar surface area (TPSA) is 35.5 Å². The molecule has 4 heteroatoms. The first-order valence-electron chi connectivity index (χ1n) is 3.59. The summed E-state index contributed by atoms with van der Waals surface area (Å²) in [5, 5.41) is 0. The Hall–Kier alpha value is -0.0600. The summed E-state index contributed by atoms with van der Waals surface area (Å²) in [7, 11) is 1.62. The van der Waals surface area contributed by atoms with E-state index in [9.17, 15) is 4.79 Å². The van der Waals surface area contributed by atoms with E-state index in [4.69, 9.17) is 9.47 Å². The van der Waals surface area contributed by atoms with E-state index in [1.165, 1.54) is 0 Å². The fourth-order valence-corrected chi connectivity index (χ4v) is 1.36. The third-order valence-corrected chi connectivity index (χ3v) is 2.07. The van der Waals surface area contributed by atoms with Crippen molar-refractivity contribution in [1.82, 2.24) is 0 Å². The average molecular weight is 176 g/mol. The van der Waals surface area contributed by atoms with Gasteiger partial charge in [0, 0.05) is 13.5 Å². The zero-order valence-corrected chi connectivity index (χ0v) is 7.34. The van der Waals surface area contributed by atoms with Gasteiger partial charge in [0.1, 0.15) is 0 Å². The van der Waals surface area contributed by atoms with Gasteiger partial charge in [-0.05, 0) is 6.42 Å². The van der Waals surface area contributed by atoms with E-state index in [0.29, 0.717) is 13.0 Å². The second-order valence-electron chi connectivity index (χ2n) is 2.57. The Morgan fingerprint density at radius 3 is 3.09 bits per heavy atom. The molecule has 1 heterocycles. The zero-order valence-electron chi connectivity index (χ0n) is 6.45. The molecule has 1 unspecified atom stereocenters. The van der Waals surface area contributed by atoms with E-state index in [-0.39, 0.29) is 11.9 Å². The minimum absolute atomic E-state index is 0.0419. The molecule has 0 bridgehead atoms. The lowest BCUT2D eigenvalue weighted by Gasteiger charge is -2.25. The number of carbonyl (C=O) groups is 1. The van der Waals surface area contributed by atoms with Crippen LogP contribution < -0.4 is 0 Å². The third-order valence-electron chi connectivity index (χ3n) is 1.66. The summed E-state index contributed by atoms with van der Waals surface area (Å²) < 4.78 is 10.1. The highest BCUT2D eigenvalue weighted by molar-refractivity contribution is 7.81. The molecule has 0 aliphatic carbocycles. The number of ketones is 1. The van der Waals surface area contributed by atoms with E-state index >= 15 is 0 Å². The highest BCUT2D eigenvalue weighted by Gasteiger charge is 2.26. The maximum atomic E-state index is 10.9. The zero-order chi connectivity index (χ0) is 8.27. The normalized spacial score (nSPS) is 32.4. The number of Topliss-reactive ketones (excluding diaryl/α,β-unsaturated/α-hetero) is 1. The molecular weight excluding hydrogens is 164 g/mol. The number of carbonyl (C=O) groups excluding carboxylic acids is 1. The second kappa shape index (κ2) is 4.09. The Morgan fingerprint density at radius 1 is 1.82 bits per heavy atom. The largest absolute Gasteiger partial charge is 0.382 e. The van der Waals surface area contributed by atoms with Crippen molar-refractivity contribution in [3.8, 4) is 0 Å². The number of hydrogen-bond donors (Lipinski definition) is 1. The predicted molar refractivity (Wildman–Crippen MR) is 43.8 cm³/mol. The van der Waals surface area contributed by atoms with Crippen molar-refractivity contribution in [3.63, 3.8) is 0 Å². The molecule has 0 N–H and O–H groups in total. The van der Waals surface area contributed by atoms with Crippen molar-refractivity contribution in [1.29, 1.82) is 0 Å². The number of ether oxygens (including phenoxy) is 2. The maximum absolute atomic E-state index is 10.9. The van der Waals surface area contributed by atoms with Crippen LogP contribution in [0.3, 0.4) is 0 Å². The van der Waals surface area contributed by atoms with Gasteiger partial charge >= 0.3 is 0 Å². The number of rotatable bonds is 2. The SMILES string of the molecule is COC[C@@H]1CCC(=O)C(S)O1.